The normalized spacial score (nSPS) is 32.8. The quantitative estimate of drug-likeness (QED) is 0.859. The van der Waals surface area contributed by atoms with Gasteiger partial charge in [-0.2, -0.15) is 0 Å². The van der Waals surface area contributed by atoms with E-state index in [4.69, 9.17) is 9.47 Å². The SMILES string of the molecule is CC1(C)[C@H](N[C@H](Cc2ccccc2)CN2CCOCC2)[C@@H]2CCO[C@@H]21. The van der Waals surface area contributed by atoms with E-state index in [1.165, 1.54) is 12.0 Å². The molecule has 138 valence electrons. The molecule has 1 aromatic rings. The summed E-state index contributed by atoms with van der Waals surface area (Å²) < 4.78 is 11.5. The van der Waals surface area contributed by atoms with Crippen LogP contribution in [0.1, 0.15) is 25.8 Å². The third-order valence-electron chi connectivity index (χ3n) is 6.42. The lowest BCUT2D eigenvalue weighted by Crippen LogP contribution is -2.68. The Morgan fingerprint density at radius 1 is 1.16 bits per heavy atom. The van der Waals surface area contributed by atoms with Crippen LogP contribution in [0.25, 0.3) is 0 Å². The molecule has 1 N–H and O–H groups in total. The maximum atomic E-state index is 5.98. The Labute approximate surface area is 151 Å². The van der Waals surface area contributed by atoms with Crippen molar-refractivity contribution in [3.63, 3.8) is 0 Å². The van der Waals surface area contributed by atoms with Crippen LogP contribution in [0, 0.1) is 11.3 Å². The molecule has 3 fully saturated rings. The van der Waals surface area contributed by atoms with Gasteiger partial charge in [-0.3, -0.25) is 4.90 Å². The first-order chi connectivity index (χ1) is 12.1. The summed E-state index contributed by atoms with van der Waals surface area (Å²) in [4.78, 5) is 2.55. The van der Waals surface area contributed by atoms with Crippen molar-refractivity contribution in [3.8, 4) is 0 Å². The number of hydrogen-bond donors (Lipinski definition) is 1. The molecule has 4 rings (SSSR count). The molecule has 4 nitrogen and oxygen atoms in total. The molecule has 0 spiro atoms. The van der Waals surface area contributed by atoms with E-state index in [1.807, 2.05) is 0 Å². The van der Waals surface area contributed by atoms with Gasteiger partial charge in [-0.1, -0.05) is 44.2 Å². The molecule has 0 unspecified atom stereocenters. The van der Waals surface area contributed by atoms with E-state index in [-0.39, 0.29) is 5.41 Å². The average Bonchev–Trinajstić information content (AvgIpc) is 3.08. The van der Waals surface area contributed by atoms with Crippen LogP contribution in [0.3, 0.4) is 0 Å². The van der Waals surface area contributed by atoms with Gasteiger partial charge in [-0.05, 0) is 18.4 Å². The van der Waals surface area contributed by atoms with Crippen LogP contribution in [-0.2, 0) is 15.9 Å². The fourth-order valence-corrected chi connectivity index (χ4v) is 5.09. The topological polar surface area (TPSA) is 33.7 Å². The number of fused-ring (bicyclic) bond motifs is 1. The summed E-state index contributed by atoms with van der Waals surface area (Å²) in [7, 11) is 0. The molecule has 0 bridgehead atoms. The zero-order chi connectivity index (χ0) is 17.3. The fraction of sp³-hybridized carbons (Fsp3) is 0.714. The zero-order valence-electron chi connectivity index (χ0n) is 15.6. The monoisotopic (exact) mass is 344 g/mol. The van der Waals surface area contributed by atoms with Crippen molar-refractivity contribution in [2.45, 2.75) is 44.9 Å². The molecule has 4 atom stereocenters. The van der Waals surface area contributed by atoms with Crippen LogP contribution in [-0.4, -0.2) is 62.5 Å². The predicted molar refractivity (Wildman–Crippen MR) is 99.7 cm³/mol. The highest BCUT2D eigenvalue weighted by Crippen LogP contribution is 2.52. The third-order valence-corrected chi connectivity index (χ3v) is 6.42. The van der Waals surface area contributed by atoms with Gasteiger partial charge in [0.25, 0.3) is 0 Å². The Hall–Kier alpha value is -0.940. The van der Waals surface area contributed by atoms with Gasteiger partial charge in [0, 0.05) is 49.7 Å². The third kappa shape index (κ3) is 3.63. The van der Waals surface area contributed by atoms with Gasteiger partial charge in [0.1, 0.15) is 0 Å². The molecular weight excluding hydrogens is 312 g/mol. The largest absolute Gasteiger partial charge is 0.379 e. The van der Waals surface area contributed by atoms with Crippen molar-refractivity contribution in [3.05, 3.63) is 35.9 Å². The summed E-state index contributed by atoms with van der Waals surface area (Å²) >= 11 is 0. The molecule has 2 saturated heterocycles. The molecule has 1 aromatic carbocycles. The second kappa shape index (κ2) is 7.36. The summed E-state index contributed by atoms with van der Waals surface area (Å²) in [5, 5.41) is 4.05. The highest BCUT2D eigenvalue weighted by atomic mass is 16.5. The Kier molecular flexibility index (Phi) is 5.14. The first-order valence-electron chi connectivity index (χ1n) is 9.86. The number of ether oxygens (including phenoxy) is 2. The van der Waals surface area contributed by atoms with Crippen LogP contribution in [0.15, 0.2) is 30.3 Å². The van der Waals surface area contributed by atoms with E-state index >= 15 is 0 Å². The van der Waals surface area contributed by atoms with Crippen molar-refractivity contribution in [1.82, 2.24) is 10.2 Å². The molecule has 0 radical (unpaired) electrons. The summed E-state index contributed by atoms with van der Waals surface area (Å²) in [6, 6.07) is 11.9. The van der Waals surface area contributed by atoms with Gasteiger partial charge < -0.3 is 14.8 Å². The van der Waals surface area contributed by atoms with Crippen LogP contribution in [0.5, 0.6) is 0 Å². The van der Waals surface area contributed by atoms with Gasteiger partial charge in [0.05, 0.1) is 19.3 Å². The summed E-state index contributed by atoms with van der Waals surface area (Å²) in [6.07, 6.45) is 2.75. The Bertz CT molecular complexity index is 556. The second-order valence-electron chi connectivity index (χ2n) is 8.51. The molecule has 0 amide bonds. The fourth-order valence-electron chi connectivity index (χ4n) is 5.09. The van der Waals surface area contributed by atoms with E-state index in [2.05, 4.69) is 54.4 Å². The summed E-state index contributed by atoms with van der Waals surface area (Å²) in [5.74, 6) is 0.693. The maximum Gasteiger partial charge on any atom is 0.0685 e. The number of morpholine rings is 1. The molecule has 3 aliphatic rings. The van der Waals surface area contributed by atoms with Crippen molar-refractivity contribution in [1.29, 1.82) is 0 Å². The molecule has 1 saturated carbocycles. The zero-order valence-corrected chi connectivity index (χ0v) is 15.6. The number of nitrogens with zero attached hydrogens (tertiary/aromatic N) is 1. The van der Waals surface area contributed by atoms with Gasteiger partial charge in [0.2, 0.25) is 0 Å². The molecule has 25 heavy (non-hydrogen) atoms. The minimum absolute atomic E-state index is 0.237. The first kappa shape index (κ1) is 17.5. The van der Waals surface area contributed by atoms with Crippen LogP contribution >= 0.6 is 0 Å². The van der Waals surface area contributed by atoms with Gasteiger partial charge >= 0.3 is 0 Å². The molecule has 4 heteroatoms. The smallest absolute Gasteiger partial charge is 0.0685 e. The Morgan fingerprint density at radius 3 is 2.68 bits per heavy atom. The van der Waals surface area contributed by atoms with Crippen molar-refractivity contribution < 1.29 is 9.47 Å². The Balaban J connectivity index is 1.44. The minimum atomic E-state index is 0.237. The highest BCUT2D eigenvalue weighted by molar-refractivity contribution is 5.17. The summed E-state index contributed by atoms with van der Waals surface area (Å²) in [6.45, 7) is 10.6. The first-order valence-corrected chi connectivity index (χ1v) is 9.86. The number of hydrogen-bond acceptors (Lipinski definition) is 4. The summed E-state index contributed by atoms with van der Waals surface area (Å²) in [5.41, 5.74) is 1.66. The minimum Gasteiger partial charge on any atom is -0.379 e. The molecule has 2 aliphatic heterocycles. The van der Waals surface area contributed by atoms with Crippen molar-refractivity contribution in [2.75, 3.05) is 39.5 Å². The van der Waals surface area contributed by atoms with Crippen molar-refractivity contribution >= 4 is 0 Å². The lowest BCUT2D eigenvalue weighted by Gasteiger charge is -2.56. The lowest BCUT2D eigenvalue weighted by molar-refractivity contribution is -0.116. The highest BCUT2D eigenvalue weighted by Gasteiger charge is 2.59. The van der Waals surface area contributed by atoms with E-state index in [0.717, 1.165) is 45.9 Å². The molecular formula is C21H32N2O2. The van der Waals surface area contributed by atoms with Gasteiger partial charge in [-0.25, -0.2) is 0 Å². The van der Waals surface area contributed by atoms with Crippen LogP contribution in [0.4, 0.5) is 0 Å². The lowest BCUT2D eigenvalue weighted by atomic mass is 9.57. The number of rotatable bonds is 6. The number of nitrogens with one attached hydrogen (secondary N) is 1. The van der Waals surface area contributed by atoms with Crippen molar-refractivity contribution in [2.24, 2.45) is 11.3 Å². The average molecular weight is 344 g/mol. The molecule has 0 aromatic heterocycles. The van der Waals surface area contributed by atoms with E-state index in [9.17, 15) is 0 Å². The molecule has 1 aliphatic carbocycles. The Morgan fingerprint density at radius 2 is 1.92 bits per heavy atom. The molecule has 2 heterocycles. The van der Waals surface area contributed by atoms with Crippen LogP contribution < -0.4 is 5.32 Å². The van der Waals surface area contributed by atoms with E-state index in [0.29, 0.717) is 24.1 Å². The second-order valence-corrected chi connectivity index (χ2v) is 8.51. The standard InChI is InChI=1S/C21H32N2O2/c1-21(2)19(18-8-11-25-20(18)21)22-17(14-16-6-4-3-5-7-16)15-23-9-12-24-13-10-23/h3-7,17-20,22H,8-15H2,1-2H3/t17-,18+,19-,20+/m1/s1. The maximum absolute atomic E-state index is 5.98. The van der Waals surface area contributed by atoms with Gasteiger partial charge in [0.15, 0.2) is 0 Å². The number of benzene rings is 1. The van der Waals surface area contributed by atoms with E-state index < -0.39 is 0 Å². The van der Waals surface area contributed by atoms with Crippen LogP contribution in [0.2, 0.25) is 0 Å². The predicted octanol–water partition coefficient (Wildman–Crippen LogP) is 2.33. The van der Waals surface area contributed by atoms with Gasteiger partial charge in [-0.15, -0.1) is 0 Å². The van der Waals surface area contributed by atoms with E-state index in [1.54, 1.807) is 0 Å².